The molecule has 0 heterocycles. The summed E-state index contributed by atoms with van der Waals surface area (Å²) in [5.74, 6) is 0.988. The number of allylic oxidation sites excluding steroid dienone is 4. The van der Waals surface area contributed by atoms with Crippen LogP contribution in [0, 0.1) is 11.8 Å². The van der Waals surface area contributed by atoms with Crippen LogP contribution in [0.25, 0.3) is 0 Å². The molecule has 2 N–H and O–H groups in total. The van der Waals surface area contributed by atoms with Crippen LogP contribution < -0.4 is 0 Å². The van der Waals surface area contributed by atoms with Crippen LogP contribution in [0.3, 0.4) is 0 Å². The third kappa shape index (κ3) is 21.4. The van der Waals surface area contributed by atoms with Crippen molar-refractivity contribution in [3.63, 3.8) is 0 Å². The minimum absolute atomic E-state index is 0.271. The lowest BCUT2D eigenvalue weighted by Crippen LogP contribution is -2.08. The molecule has 0 aliphatic heterocycles. The van der Waals surface area contributed by atoms with Crippen LogP contribution in [-0.2, 0) is 14.2 Å². The Labute approximate surface area is 166 Å². The number of hydrogen-bond acceptors (Lipinski definition) is 5. The Hall–Kier alpha value is -0.720. The van der Waals surface area contributed by atoms with Gasteiger partial charge in [-0.2, -0.15) is 0 Å². The largest absolute Gasteiger partial charge is 0.396 e. The molecule has 0 aromatic rings. The normalized spacial score (nSPS) is 14.4. The van der Waals surface area contributed by atoms with Crippen molar-refractivity contribution in [3.8, 4) is 0 Å². The maximum Gasteiger partial charge on any atom is 0.149 e. The summed E-state index contributed by atoms with van der Waals surface area (Å²) in [5.41, 5.74) is 0. The zero-order valence-corrected chi connectivity index (χ0v) is 17.5. The third-order valence-electron chi connectivity index (χ3n) is 4.26. The fraction of sp³-hybridized carbons (Fsp3) is 0.818. The topological polar surface area (TPSA) is 68.2 Å². The molecule has 2 atom stereocenters. The first kappa shape index (κ1) is 26.3. The van der Waals surface area contributed by atoms with Gasteiger partial charge in [-0.25, -0.2) is 0 Å². The highest BCUT2D eigenvalue weighted by Gasteiger charge is 1.99. The van der Waals surface area contributed by atoms with Crippen molar-refractivity contribution in [3.05, 3.63) is 24.3 Å². The van der Waals surface area contributed by atoms with Gasteiger partial charge in [0.15, 0.2) is 0 Å². The molecule has 0 amide bonds. The number of ether oxygens (including phenoxy) is 3. The fourth-order valence-corrected chi connectivity index (χ4v) is 2.41. The highest BCUT2D eigenvalue weighted by atomic mass is 16.7. The van der Waals surface area contributed by atoms with Crippen LogP contribution in [0.2, 0.25) is 0 Å². The van der Waals surface area contributed by atoms with E-state index in [0.717, 1.165) is 51.4 Å². The SMILES string of the molecule is CC(C=CCCCCO)CCOCOCOCCC(C)C=CCCCCO. The lowest BCUT2D eigenvalue weighted by Gasteiger charge is -2.10. The molecule has 0 aromatic carbocycles. The van der Waals surface area contributed by atoms with Crippen molar-refractivity contribution in [2.24, 2.45) is 11.8 Å². The monoisotopic (exact) mass is 386 g/mol. The second-order valence-electron chi connectivity index (χ2n) is 7.08. The van der Waals surface area contributed by atoms with Gasteiger partial charge in [0.2, 0.25) is 0 Å². The summed E-state index contributed by atoms with van der Waals surface area (Å²) in [6, 6.07) is 0. The standard InChI is InChI=1S/C22H42O5/c1-21(11-7-3-5-9-15-23)13-17-25-19-27-20-26-18-14-22(2)12-8-4-6-10-16-24/h7-8,11-12,21-24H,3-6,9-10,13-20H2,1-2H3. The average molecular weight is 387 g/mol. The summed E-state index contributed by atoms with van der Waals surface area (Å²) in [6.45, 7) is 6.82. The zero-order chi connectivity index (χ0) is 20.0. The zero-order valence-electron chi connectivity index (χ0n) is 17.5. The number of rotatable bonds is 20. The molecule has 0 aromatic heterocycles. The summed E-state index contributed by atoms with van der Waals surface area (Å²) < 4.78 is 16.2. The smallest absolute Gasteiger partial charge is 0.149 e. The van der Waals surface area contributed by atoms with Gasteiger partial charge < -0.3 is 24.4 Å². The highest BCUT2D eigenvalue weighted by molar-refractivity contribution is 4.86. The van der Waals surface area contributed by atoms with Crippen LogP contribution in [0.4, 0.5) is 0 Å². The van der Waals surface area contributed by atoms with Crippen LogP contribution in [0.5, 0.6) is 0 Å². The number of hydrogen-bond donors (Lipinski definition) is 2. The maximum absolute atomic E-state index is 8.72. The van der Waals surface area contributed by atoms with Crippen molar-refractivity contribution in [1.29, 1.82) is 0 Å². The van der Waals surface area contributed by atoms with E-state index in [2.05, 4.69) is 38.2 Å². The summed E-state index contributed by atoms with van der Waals surface area (Å²) in [4.78, 5) is 0. The Morgan fingerprint density at radius 3 is 1.52 bits per heavy atom. The van der Waals surface area contributed by atoms with E-state index in [4.69, 9.17) is 24.4 Å². The molecule has 0 saturated carbocycles. The summed E-state index contributed by atoms with van der Waals surface area (Å²) in [7, 11) is 0. The molecule has 0 spiro atoms. The Balaban J connectivity index is 3.34. The quantitative estimate of drug-likeness (QED) is 0.184. The average Bonchev–Trinajstić information content (AvgIpc) is 2.66. The van der Waals surface area contributed by atoms with Crippen molar-refractivity contribution >= 4 is 0 Å². The van der Waals surface area contributed by atoms with Crippen molar-refractivity contribution in [2.75, 3.05) is 40.0 Å². The molecule has 160 valence electrons. The number of aliphatic hydroxyl groups excluding tert-OH is 2. The molecule has 2 unspecified atom stereocenters. The summed E-state index contributed by atoms with van der Waals surface area (Å²) in [5, 5.41) is 17.4. The summed E-state index contributed by atoms with van der Waals surface area (Å²) in [6.07, 6.45) is 16.7. The van der Waals surface area contributed by atoms with Crippen LogP contribution in [0.1, 0.15) is 65.2 Å². The molecule has 0 saturated heterocycles. The predicted octanol–water partition coefficient (Wildman–Crippen LogP) is 4.44. The Morgan fingerprint density at radius 2 is 1.11 bits per heavy atom. The minimum Gasteiger partial charge on any atom is -0.396 e. The lowest BCUT2D eigenvalue weighted by atomic mass is 10.1. The first-order chi connectivity index (χ1) is 13.2. The van der Waals surface area contributed by atoms with E-state index in [0.29, 0.717) is 25.0 Å². The molecular formula is C22H42O5. The lowest BCUT2D eigenvalue weighted by molar-refractivity contribution is -0.132. The van der Waals surface area contributed by atoms with E-state index in [1.165, 1.54) is 0 Å². The molecular weight excluding hydrogens is 344 g/mol. The molecule has 0 fully saturated rings. The van der Waals surface area contributed by atoms with Crippen LogP contribution in [-0.4, -0.2) is 50.2 Å². The van der Waals surface area contributed by atoms with E-state index in [9.17, 15) is 0 Å². The van der Waals surface area contributed by atoms with E-state index >= 15 is 0 Å². The Kier molecular flexibility index (Phi) is 21.0. The number of unbranched alkanes of at least 4 members (excludes halogenated alkanes) is 4. The van der Waals surface area contributed by atoms with Gasteiger partial charge in [-0.3, -0.25) is 0 Å². The first-order valence-electron chi connectivity index (χ1n) is 10.5. The van der Waals surface area contributed by atoms with Crippen molar-refractivity contribution in [2.45, 2.75) is 65.2 Å². The maximum atomic E-state index is 8.72. The minimum atomic E-state index is 0.271. The van der Waals surface area contributed by atoms with Crippen molar-refractivity contribution in [1.82, 2.24) is 0 Å². The van der Waals surface area contributed by atoms with Gasteiger partial charge in [0.05, 0.1) is 0 Å². The third-order valence-corrected chi connectivity index (χ3v) is 4.26. The molecule has 27 heavy (non-hydrogen) atoms. The molecule has 5 nitrogen and oxygen atoms in total. The first-order valence-corrected chi connectivity index (χ1v) is 10.5. The highest BCUT2D eigenvalue weighted by Crippen LogP contribution is 2.07. The van der Waals surface area contributed by atoms with Crippen molar-refractivity contribution < 1.29 is 24.4 Å². The summed E-state index contributed by atoms with van der Waals surface area (Å²) >= 11 is 0. The van der Waals surface area contributed by atoms with E-state index in [1.54, 1.807) is 0 Å². The molecule has 0 aliphatic rings. The number of aliphatic hydroxyl groups is 2. The molecule has 0 radical (unpaired) electrons. The fourth-order valence-electron chi connectivity index (χ4n) is 2.41. The van der Waals surface area contributed by atoms with Gasteiger partial charge >= 0.3 is 0 Å². The van der Waals surface area contributed by atoms with Gasteiger partial charge in [-0.1, -0.05) is 38.2 Å². The van der Waals surface area contributed by atoms with E-state index in [-0.39, 0.29) is 26.8 Å². The molecule has 0 aliphatic carbocycles. The van der Waals surface area contributed by atoms with Gasteiger partial charge in [0.25, 0.3) is 0 Å². The Bertz CT molecular complexity index is 312. The second kappa shape index (κ2) is 21.6. The molecule has 0 bridgehead atoms. The molecule has 0 rings (SSSR count). The van der Waals surface area contributed by atoms with Crippen LogP contribution >= 0.6 is 0 Å². The van der Waals surface area contributed by atoms with Gasteiger partial charge in [-0.15, -0.1) is 0 Å². The Morgan fingerprint density at radius 1 is 0.667 bits per heavy atom. The van der Waals surface area contributed by atoms with E-state index < -0.39 is 0 Å². The molecule has 5 heteroatoms. The second-order valence-corrected chi connectivity index (χ2v) is 7.08. The van der Waals surface area contributed by atoms with Crippen LogP contribution in [0.15, 0.2) is 24.3 Å². The van der Waals surface area contributed by atoms with Gasteiger partial charge in [0, 0.05) is 26.4 Å². The predicted molar refractivity (Wildman–Crippen MR) is 110 cm³/mol. The van der Waals surface area contributed by atoms with E-state index in [1.807, 2.05) is 0 Å². The van der Waals surface area contributed by atoms with Gasteiger partial charge in [-0.05, 0) is 63.2 Å². The van der Waals surface area contributed by atoms with Gasteiger partial charge in [0.1, 0.15) is 13.6 Å².